The van der Waals surface area contributed by atoms with Crippen molar-refractivity contribution in [3.63, 3.8) is 0 Å². The van der Waals surface area contributed by atoms with Crippen molar-refractivity contribution < 1.29 is 5.11 Å². The third-order valence-corrected chi connectivity index (χ3v) is 3.73. The minimum atomic E-state index is -0.128. The minimum absolute atomic E-state index is 0.128. The number of allylic oxidation sites excluding steroid dienone is 1. The summed E-state index contributed by atoms with van der Waals surface area (Å²) in [6.07, 6.45) is 2.11. The van der Waals surface area contributed by atoms with E-state index in [1.54, 1.807) is 0 Å². The Morgan fingerprint density at radius 1 is 1.45 bits per heavy atom. The van der Waals surface area contributed by atoms with Crippen LogP contribution in [0.1, 0.15) is 33.6 Å². The van der Waals surface area contributed by atoms with E-state index < -0.39 is 0 Å². The lowest BCUT2D eigenvalue weighted by Crippen LogP contribution is -2.45. The Morgan fingerprint density at radius 2 is 2.09 bits per heavy atom. The van der Waals surface area contributed by atoms with E-state index in [4.69, 9.17) is 0 Å². The first-order valence-corrected chi connectivity index (χ1v) is 4.41. The summed E-state index contributed by atoms with van der Waals surface area (Å²) in [5.41, 5.74) is 3.17. The summed E-state index contributed by atoms with van der Waals surface area (Å²) in [6, 6.07) is 0. The molecule has 1 N–H and O–H groups in total. The van der Waals surface area contributed by atoms with Crippen LogP contribution in [0.4, 0.5) is 0 Å². The maximum Gasteiger partial charge on any atom is 0.0753 e. The summed E-state index contributed by atoms with van der Waals surface area (Å²) in [6.45, 7) is 6.68. The molecule has 0 amide bonds. The van der Waals surface area contributed by atoms with E-state index in [9.17, 15) is 5.11 Å². The van der Waals surface area contributed by atoms with E-state index in [1.807, 2.05) is 0 Å². The van der Waals surface area contributed by atoms with E-state index in [-0.39, 0.29) is 6.10 Å². The Labute approximate surface area is 68.1 Å². The fraction of sp³-hybridized carbons (Fsp3) is 0.800. The molecule has 62 valence electrons. The quantitative estimate of drug-likeness (QED) is 0.527. The predicted octanol–water partition coefficient (Wildman–Crippen LogP) is 2.11. The van der Waals surface area contributed by atoms with Crippen molar-refractivity contribution in [2.75, 3.05) is 0 Å². The average Bonchev–Trinajstić information content (AvgIpc) is 1.93. The second kappa shape index (κ2) is 1.89. The van der Waals surface area contributed by atoms with E-state index >= 15 is 0 Å². The smallest absolute Gasteiger partial charge is 0.0753 e. The normalized spacial score (nSPS) is 40.4. The zero-order valence-electron chi connectivity index (χ0n) is 7.52. The molecular formula is C10H16O. The van der Waals surface area contributed by atoms with Crippen LogP contribution in [-0.4, -0.2) is 11.2 Å². The van der Waals surface area contributed by atoms with Crippen molar-refractivity contribution >= 4 is 0 Å². The van der Waals surface area contributed by atoms with Gasteiger partial charge in [0.15, 0.2) is 0 Å². The largest absolute Gasteiger partial charge is 0.389 e. The van der Waals surface area contributed by atoms with E-state index in [1.165, 1.54) is 17.6 Å². The van der Waals surface area contributed by atoms with Crippen LogP contribution < -0.4 is 0 Å². The van der Waals surface area contributed by atoms with Crippen LogP contribution in [0.3, 0.4) is 0 Å². The second-order valence-electron chi connectivity index (χ2n) is 4.54. The van der Waals surface area contributed by atoms with Gasteiger partial charge in [0.2, 0.25) is 0 Å². The number of fused-ring (bicyclic) bond motifs is 2. The van der Waals surface area contributed by atoms with E-state index in [0.29, 0.717) is 5.41 Å². The number of aliphatic hydroxyl groups excluding tert-OH is 1. The molecule has 1 fully saturated rings. The number of hydrogen-bond donors (Lipinski definition) is 1. The molecule has 1 saturated carbocycles. The van der Waals surface area contributed by atoms with Gasteiger partial charge in [-0.15, -0.1) is 0 Å². The third-order valence-electron chi connectivity index (χ3n) is 3.73. The molecule has 11 heavy (non-hydrogen) atoms. The molecule has 0 aromatic carbocycles. The van der Waals surface area contributed by atoms with E-state index in [2.05, 4.69) is 20.8 Å². The Kier molecular flexibility index (Phi) is 1.26. The van der Waals surface area contributed by atoms with Crippen LogP contribution in [-0.2, 0) is 0 Å². The second-order valence-corrected chi connectivity index (χ2v) is 4.54. The third kappa shape index (κ3) is 0.750. The first-order valence-electron chi connectivity index (χ1n) is 4.41. The van der Waals surface area contributed by atoms with Crippen LogP contribution in [0.5, 0.6) is 0 Å². The molecule has 0 spiro atoms. The van der Waals surface area contributed by atoms with Crippen LogP contribution in [0, 0.1) is 11.3 Å². The molecule has 0 radical (unpaired) electrons. The topological polar surface area (TPSA) is 20.2 Å². The number of hydrogen-bond acceptors (Lipinski definition) is 1. The lowest BCUT2D eigenvalue weighted by atomic mass is 9.52. The zero-order valence-corrected chi connectivity index (χ0v) is 7.52. The molecule has 3 aliphatic carbocycles. The SMILES string of the molecule is CC1=C2CC(CC1O)C2(C)C. The van der Waals surface area contributed by atoms with Gasteiger partial charge in [0.25, 0.3) is 0 Å². The Hall–Kier alpha value is -0.300. The maximum absolute atomic E-state index is 9.55. The monoisotopic (exact) mass is 152 g/mol. The van der Waals surface area contributed by atoms with Gasteiger partial charge in [0.05, 0.1) is 6.10 Å². The van der Waals surface area contributed by atoms with Crippen molar-refractivity contribution in [1.29, 1.82) is 0 Å². The summed E-state index contributed by atoms with van der Waals surface area (Å²) in [5.74, 6) is 0.746. The standard InChI is InChI=1S/C10H16O/c1-6-8-4-7(5-9(6)11)10(8,2)3/h7,9,11H,4-5H2,1-3H3. The lowest BCUT2D eigenvalue weighted by molar-refractivity contribution is 0.0555. The molecule has 0 saturated heterocycles. The van der Waals surface area contributed by atoms with Crippen molar-refractivity contribution in [2.45, 2.75) is 39.7 Å². The lowest BCUT2D eigenvalue weighted by Gasteiger charge is -2.54. The highest BCUT2D eigenvalue weighted by atomic mass is 16.3. The van der Waals surface area contributed by atoms with Gasteiger partial charge in [0, 0.05) is 0 Å². The van der Waals surface area contributed by atoms with Gasteiger partial charge in [-0.05, 0) is 36.7 Å². The van der Waals surface area contributed by atoms with Crippen molar-refractivity contribution in [2.24, 2.45) is 11.3 Å². The number of rotatable bonds is 0. The molecule has 0 aliphatic heterocycles. The molecule has 2 atom stereocenters. The van der Waals surface area contributed by atoms with Gasteiger partial charge >= 0.3 is 0 Å². The Balaban J connectivity index is 2.40. The van der Waals surface area contributed by atoms with Crippen LogP contribution in [0.15, 0.2) is 11.1 Å². The number of aliphatic hydroxyl groups is 1. The van der Waals surface area contributed by atoms with Gasteiger partial charge in [-0.25, -0.2) is 0 Å². The molecule has 0 heterocycles. The molecule has 1 heteroatoms. The molecule has 3 rings (SSSR count). The summed E-state index contributed by atoms with van der Waals surface area (Å²) < 4.78 is 0. The molecule has 2 bridgehead atoms. The first-order chi connectivity index (χ1) is 5.03. The van der Waals surface area contributed by atoms with Crippen LogP contribution in [0.25, 0.3) is 0 Å². The van der Waals surface area contributed by atoms with Crippen LogP contribution >= 0.6 is 0 Å². The molecule has 3 aliphatic rings. The highest BCUT2D eigenvalue weighted by Crippen LogP contribution is 2.58. The Bertz CT molecular complexity index is 225. The predicted molar refractivity (Wildman–Crippen MR) is 45.2 cm³/mol. The first kappa shape index (κ1) is 7.35. The van der Waals surface area contributed by atoms with Gasteiger partial charge in [-0.2, -0.15) is 0 Å². The summed E-state index contributed by atoms with van der Waals surface area (Å²) in [4.78, 5) is 0. The molecule has 1 nitrogen and oxygen atoms in total. The Morgan fingerprint density at radius 3 is 2.45 bits per heavy atom. The molecule has 2 unspecified atom stereocenters. The highest BCUT2D eigenvalue weighted by molar-refractivity contribution is 5.35. The van der Waals surface area contributed by atoms with Crippen molar-refractivity contribution in [3.05, 3.63) is 11.1 Å². The van der Waals surface area contributed by atoms with Gasteiger partial charge in [-0.3, -0.25) is 0 Å². The zero-order chi connectivity index (χ0) is 8.22. The fourth-order valence-electron chi connectivity index (χ4n) is 2.57. The summed E-state index contributed by atoms with van der Waals surface area (Å²) in [7, 11) is 0. The maximum atomic E-state index is 9.55. The van der Waals surface area contributed by atoms with Gasteiger partial charge in [0.1, 0.15) is 0 Å². The highest BCUT2D eigenvalue weighted by Gasteiger charge is 2.49. The van der Waals surface area contributed by atoms with Crippen molar-refractivity contribution in [1.82, 2.24) is 0 Å². The van der Waals surface area contributed by atoms with Gasteiger partial charge in [-0.1, -0.05) is 19.4 Å². The van der Waals surface area contributed by atoms with Crippen LogP contribution in [0.2, 0.25) is 0 Å². The molecule has 0 aromatic heterocycles. The fourth-order valence-corrected chi connectivity index (χ4v) is 2.57. The minimum Gasteiger partial charge on any atom is -0.389 e. The summed E-state index contributed by atoms with van der Waals surface area (Å²) in [5, 5.41) is 9.55. The summed E-state index contributed by atoms with van der Waals surface area (Å²) >= 11 is 0. The molecule has 0 aromatic rings. The van der Waals surface area contributed by atoms with E-state index in [0.717, 1.165) is 12.3 Å². The average molecular weight is 152 g/mol. The molecular weight excluding hydrogens is 136 g/mol. The van der Waals surface area contributed by atoms with Gasteiger partial charge < -0.3 is 5.11 Å². The van der Waals surface area contributed by atoms with Crippen molar-refractivity contribution in [3.8, 4) is 0 Å².